The molecular weight excluding hydrogens is 1760 g/mol. The smallest absolute Gasteiger partial charge is 0.344 e. The molecule has 0 bridgehead atoms. The second kappa shape index (κ2) is 84.6. The zero-order valence-corrected chi connectivity index (χ0v) is 98.1. The van der Waals surface area contributed by atoms with Crippen molar-refractivity contribution in [2.75, 3.05) is 39.6 Å². The minimum Gasteiger partial charge on any atom is -0.486 e. The molecule has 19 nitrogen and oxygen atoms in total. The summed E-state index contributed by atoms with van der Waals surface area (Å²) in [6.45, 7) is 83.4. The summed E-state index contributed by atoms with van der Waals surface area (Å²) in [5.41, 5.74) is 6.12. The first-order chi connectivity index (χ1) is 63.8. The van der Waals surface area contributed by atoms with E-state index in [4.69, 9.17) is 28.8 Å². The second-order valence-corrected chi connectivity index (χ2v) is 50.5. The number of hydrogen-bond acceptors (Lipinski definition) is 18. The van der Waals surface area contributed by atoms with Crippen LogP contribution in [0.3, 0.4) is 0 Å². The van der Waals surface area contributed by atoms with Crippen LogP contribution in [0, 0.1) is 54.1 Å². The molecule has 0 saturated carbocycles. The van der Waals surface area contributed by atoms with Gasteiger partial charge in [-0.2, -0.15) is 0 Å². The molecule has 0 fully saturated rings. The topological polar surface area (TPSA) is 295 Å². The van der Waals surface area contributed by atoms with Gasteiger partial charge in [0.15, 0.2) is 18.2 Å². The molecule has 3 N–H and O–H groups in total. The molecule has 0 spiro atoms. The molecule has 0 saturated heterocycles. The lowest BCUT2D eigenvalue weighted by Crippen LogP contribution is -2.28. The maximum absolute atomic E-state index is 11.2. The van der Waals surface area contributed by atoms with Gasteiger partial charge in [-0.05, 0) is 274 Å². The number of carbonyl (C=O) groups is 11. The number of esters is 2. The Morgan fingerprint density at radius 2 is 0.636 bits per heavy atom. The van der Waals surface area contributed by atoms with E-state index in [-0.39, 0.29) is 102 Å². The number of carboxylic acids is 1. The number of carboxylic acid groups (broad SMARTS) is 1. The number of hydrogen-bond donors (Lipinski definition) is 3. The molecule has 2 aromatic carbocycles. The van der Waals surface area contributed by atoms with Gasteiger partial charge in [0, 0.05) is 58.0 Å². The number of aliphatic carboxylic acids is 1. The van der Waals surface area contributed by atoms with E-state index in [1.807, 2.05) is 49.4 Å². The van der Waals surface area contributed by atoms with Gasteiger partial charge in [0.1, 0.15) is 59.4 Å². The van der Waals surface area contributed by atoms with Crippen molar-refractivity contribution in [3.63, 3.8) is 0 Å². The lowest BCUT2D eigenvalue weighted by Gasteiger charge is -2.21. The molecule has 820 valence electrons. The van der Waals surface area contributed by atoms with Gasteiger partial charge in [-0.15, -0.1) is 0 Å². The standard InChI is InChI=1S/C15H22O3.C14H20O2.C13H26O2.C12H24O3.C12H24O.C12H22O.C11H20O3.C11H22O2.C11H22O.C10H20O/c1-5-17-14(16)11-18-13-8-6-7-12(9-13)10-15(2,3)4;1-11(15)10-16-13-7-5-6-12(8-13)9-14(2,3)4;1-5-15-12(14)10-8-6-7-9-11-13(2,3)4;1-9(13)8-11(15)10(14)6-5-7-12(2,3)4;2*1-11(13)9-7-5-6-8-10-12(2,3)4;1-11(2,3)8-4-5-9(12)6-7-10(13)14;1-10(12)9-13-8-6-5-7-11(2,3)4;1-10(12)8-6-5-7-9-11(2,3)4;1-9(11)7-5-6-8-10(2,3)4/h6-9H,5,10-11H2,1-4H3;5-8H,9-10H2,1-4H3;5-11H2,1-4H3;10-11,14-15H,5-8H2,1-4H3;5-10H2,1-4H3;5,7H,6,8-10H2,1-4H3;4-8H2,1-3H3,(H,13,14);5-9H2,1-4H3;5-9H2,1-4H3;5-8H2,1-4H3/b;;;;;7-5+;;;;. The molecule has 2 unspecified atom stereocenters. The van der Waals surface area contributed by atoms with Crippen LogP contribution in [-0.2, 0) is 79.8 Å². The third-order valence-corrected chi connectivity index (χ3v) is 20.6. The number of allylic oxidation sites excluding steroid dienone is 2. The summed E-state index contributed by atoms with van der Waals surface area (Å²) in [4.78, 5) is 118. The maximum atomic E-state index is 11.2. The van der Waals surface area contributed by atoms with E-state index in [9.17, 15) is 63.0 Å². The molecule has 0 aliphatic carbocycles. The molecule has 0 aliphatic rings. The van der Waals surface area contributed by atoms with E-state index < -0.39 is 18.2 Å². The molecule has 0 amide bonds. The molecule has 140 heavy (non-hydrogen) atoms. The molecule has 2 atom stereocenters. The van der Waals surface area contributed by atoms with Crippen LogP contribution in [0.1, 0.15) is 519 Å². The van der Waals surface area contributed by atoms with Crippen molar-refractivity contribution in [1.29, 1.82) is 0 Å². The maximum Gasteiger partial charge on any atom is 0.344 e. The number of aliphatic hydroxyl groups is 2. The lowest BCUT2D eigenvalue weighted by molar-refractivity contribution is -0.145. The van der Waals surface area contributed by atoms with Gasteiger partial charge >= 0.3 is 17.9 Å². The van der Waals surface area contributed by atoms with E-state index in [1.54, 1.807) is 41.5 Å². The van der Waals surface area contributed by atoms with Gasteiger partial charge in [-0.3, -0.25) is 33.6 Å². The van der Waals surface area contributed by atoms with Crippen LogP contribution in [0.2, 0.25) is 0 Å². The molecule has 2 rings (SSSR count). The molecule has 19 heteroatoms. The summed E-state index contributed by atoms with van der Waals surface area (Å²) < 4.78 is 25.6. The summed E-state index contributed by atoms with van der Waals surface area (Å²) in [6, 6.07) is 15.8. The van der Waals surface area contributed by atoms with Gasteiger partial charge in [-0.25, -0.2) is 4.79 Å². The molecule has 0 radical (unpaired) electrons. The SMILES string of the molecule is CC(=O)C/C=C/CCCC(C)(C)C.CC(=O)CC(O)C(O)CCCC(C)(C)C.CC(=O)CCCCC(C)(C)C.CC(=O)CCCCCC(C)(C)C.CC(=O)CCCCCCC(C)(C)C.CC(=O)COCCCCC(C)(C)C.CC(=O)COc1cccc(CC(C)(C)C)c1.CC(C)(C)CCCC(=O)CCC(=O)O.CCOC(=O)CCCCCCC(C)(C)C.CCOC(=O)COc1cccc(CC(C)(C)C)c1. The number of unbranched alkanes of at least 4 members (excludes halogenated alkanes) is 11. The Balaban J connectivity index is -0.000000231. The van der Waals surface area contributed by atoms with E-state index in [0.29, 0.717) is 94.5 Å². The number of ether oxygens (including phenoxy) is 5. The van der Waals surface area contributed by atoms with Crippen LogP contribution in [0.4, 0.5) is 0 Å². The predicted octanol–water partition coefficient (Wildman–Crippen LogP) is 32.2. The highest BCUT2D eigenvalue weighted by atomic mass is 16.6. The number of aliphatic hydroxyl groups excluding tert-OH is 2. The normalized spacial score (nSPS) is 12.0. The number of ketones is 8. The van der Waals surface area contributed by atoms with Gasteiger partial charge in [0.05, 0.1) is 31.8 Å². The third-order valence-electron chi connectivity index (χ3n) is 20.6. The third kappa shape index (κ3) is 147. The van der Waals surface area contributed by atoms with Gasteiger partial charge in [0.25, 0.3) is 0 Å². The first-order valence-electron chi connectivity index (χ1n) is 53.4. The van der Waals surface area contributed by atoms with Crippen LogP contribution < -0.4 is 9.47 Å². The van der Waals surface area contributed by atoms with Crippen molar-refractivity contribution >= 4 is 64.2 Å². The number of carbonyl (C=O) groups excluding carboxylic acids is 10. The summed E-state index contributed by atoms with van der Waals surface area (Å²) in [7, 11) is 0. The highest BCUT2D eigenvalue weighted by molar-refractivity contribution is 5.82. The fraction of sp³-hybridized carbons (Fsp3) is 0.793. The number of benzene rings is 2. The van der Waals surface area contributed by atoms with Crippen LogP contribution in [0.15, 0.2) is 60.7 Å². The van der Waals surface area contributed by atoms with E-state index >= 15 is 0 Å². The average molecular weight is 1980 g/mol. The van der Waals surface area contributed by atoms with Crippen molar-refractivity contribution in [2.45, 2.75) is 533 Å². The Hall–Kier alpha value is -6.57. The lowest BCUT2D eigenvalue weighted by atomic mass is 9.88. The monoisotopic (exact) mass is 1980 g/mol. The highest BCUT2D eigenvalue weighted by Crippen LogP contribution is 2.31. The molecule has 0 aromatic heterocycles. The Labute approximate surface area is 860 Å². The number of rotatable bonds is 54. The van der Waals surface area contributed by atoms with E-state index in [0.717, 1.165) is 115 Å². The fourth-order valence-corrected chi connectivity index (χ4v) is 13.2. The molecule has 2 aromatic rings. The summed E-state index contributed by atoms with van der Waals surface area (Å²) in [6.07, 6.45) is 40.3. The van der Waals surface area contributed by atoms with Crippen LogP contribution in [-0.4, -0.2) is 131 Å². The van der Waals surface area contributed by atoms with Gasteiger partial charge < -0.3 is 53.4 Å². The Morgan fingerprint density at radius 3 is 0.986 bits per heavy atom. The van der Waals surface area contributed by atoms with Crippen molar-refractivity contribution in [3.8, 4) is 11.5 Å². The number of Topliss-reactive ketones (excluding diaryl/α,β-unsaturated/α-hetero) is 8. The van der Waals surface area contributed by atoms with E-state index in [1.165, 1.54) is 128 Å². The molecule has 0 heterocycles. The zero-order chi connectivity index (χ0) is 110. The highest BCUT2D eigenvalue weighted by Gasteiger charge is 2.22. The zero-order valence-electron chi connectivity index (χ0n) is 98.1. The minimum atomic E-state index is -0.900. The second-order valence-electron chi connectivity index (χ2n) is 50.5. The first-order valence-corrected chi connectivity index (χ1v) is 53.4. The van der Waals surface area contributed by atoms with E-state index in [2.05, 4.69) is 226 Å². The first kappa shape index (κ1) is 149. The Bertz CT molecular complexity index is 3490. The predicted molar refractivity (Wildman–Crippen MR) is 589 cm³/mol. The van der Waals surface area contributed by atoms with Crippen LogP contribution in [0.25, 0.3) is 0 Å². The van der Waals surface area contributed by atoms with Gasteiger partial charge in [0.2, 0.25) is 0 Å². The van der Waals surface area contributed by atoms with Crippen molar-refractivity contribution in [2.24, 2.45) is 54.1 Å². The summed E-state index contributed by atoms with van der Waals surface area (Å²) in [5, 5.41) is 27.4. The Morgan fingerprint density at radius 1 is 0.307 bits per heavy atom. The molecular formula is C121H222O19. The largest absolute Gasteiger partial charge is 0.486 e. The van der Waals surface area contributed by atoms with Gasteiger partial charge in [-0.1, -0.05) is 315 Å². The fourth-order valence-electron chi connectivity index (χ4n) is 13.2. The summed E-state index contributed by atoms with van der Waals surface area (Å²) in [5.74, 6) is 1.56. The summed E-state index contributed by atoms with van der Waals surface area (Å²) >= 11 is 0. The molecule has 0 aliphatic heterocycles. The quantitative estimate of drug-likeness (QED) is 0.0315. The van der Waals surface area contributed by atoms with Crippen molar-refractivity contribution < 1.29 is 91.7 Å². The van der Waals surface area contributed by atoms with Crippen molar-refractivity contribution in [3.05, 3.63) is 71.8 Å². The van der Waals surface area contributed by atoms with Crippen LogP contribution in [0.5, 0.6) is 11.5 Å². The van der Waals surface area contributed by atoms with Crippen LogP contribution >= 0.6 is 0 Å². The minimum absolute atomic E-state index is 0.0334. The average Bonchev–Trinajstić information content (AvgIpc) is 0.881. The Kier molecular flexibility index (Phi) is 89.9. The van der Waals surface area contributed by atoms with Crippen molar-refractivity contribution in [1.82, 2.24) is 0 Å².